The topological polar surface area (TPSA) is 66.0 Å². The molecule has 0 radical (unpaired) electrons. The fraction of sp³-hybridized carbons (Fsp3) is 0.375. The number of pyridine rings is 1. The van der Waals surface area contributed by atoms with E-state index in [1.807, 2.05) is 30.5 Å². The van der Waals surface area contributed by atoms with Gasteiger partial charge in [0.2, 0.25) is 0 Å². The van der Waals surface area contributed by atoms with Crippen molar-refractivity contribution in [3.63, 3.8) is 0 Å². The summed E-state index contributed by atoms with van der Waals surface area (Å²) in [4.78, 5) is 6.74. The van der Waals surface area contributed by atoms with Crippen LogP contribution < -0.4 is 10.6 Å². The van der Waals surface area contributed by atoms with Gasteiger partial charge in [-0.25, -0.2) is 0 Å². The van der Waals surface area contributed by atoms with E-state index in [2.05, 4.69) is 16.8 Å². The van der Waals surface area contributed by atoms with Crippen molar-refractivity contribution >= 4 is 34.0 Å². The van der Waals surface area contributed by atoms with Gasteiger partial charge < -0.3 is 10.6 Å². The average Bonchev–Trinajstić information content (AvgIpc) is 2.47. The molecule has 1 aliphatic heterocycles. The van der Waals surface area contributed by atoms with E-state index in [9.17, 15) is 0 Å². The molecular weight excluding hydrogens is 284 g/mol. The molecule has 1 aromatic heterocycles. The second-order valence-electron chi connectivity index (χ2n) is 5.95. The minimum atomic E-state index is -0.164. The first kappa shape index (κ1) is 14.1. The summed E-state index contributed by atoms with van der Waals surface area (Å²) in [5.41, 5.74) is 7.67. The van der Waals surface area contributed by atoms with E-state index >= 15 is 0 Å². The van der Waals surface area contributed by atoms with Crippen LogP contribution in [0.25, 0.3) is 10.9 Å². The Morgan fingerprint density at radius 2 is 2.05 bits per heavy atom. The Labute approximate surface area is 129 Å². The van der Waals surface area contributed by atoms with Gasteiger partial charge in [-0.1, -0.05) is 18.5 Å². The number of nitrogens with two attached hydrogens (primary N) is 1. The summed E-state index contributed by atoms with van der Waals surface area (Å²) in [7, 11) is 0. The maximum atomic E-state index is 7.75. The standard InChI is InChI=1S/C16H19ClN4/c1-16(15(18)19)5-8-21(9-6-16)14-4-7-20-13-10-11(17)2-3-12(13)14/h2-4,7,10H,5-6,8-9H2,1H3,(H3,18,19). The van der Waals surface area contributed by atoms with Gasteiger partial charge >= 0.3 is 0 Å². The molecule has 1 aliphatic rings. The number of rotatable bonds is 2. The first-order valence-electron chi connectivity index (χ1n) is 7.13. The molecule has 4 nitrogen and oxygen atoms in total. The molecule has 2 heterocycles. The Kier molecular flexibility index (Phi) is 3.49. The molecule has 0 atom stereocenters. The Hall–Kier alpha value is -1.81. The lowest BCUT2D eigenvalue weighted by atomic mass is 9.79. The normalized spacial score (nSPS) is 17.9. The van der Waals surface area contributed by atoms with Crippen LogP contribution in [-0.2, 0) is 0 Å². The van der Waals surface area contributed by atoms with Gasteiger partial charge in [0.25, 0.3) is 0 Å². The van der Waals surface area contributed by atoms with E-state index in [0.717, 1.165) is 36.8 Å². The predicted octanol–water partition coefficient (Wildman–Crippen LogP) is 3.43. The molecule has 5 heteroatoms. The molecule has 1 fully saturated rings. The Bertz CT molecular complexity index is 690. The highest BCUT2D eigenvalue weighted by Gasteiger charge is 2.33. The third kappa shape index (κ3) is 2.56. The fourth-order valence-electron chi connectivity index (χ4n) is 2.89. The van der Waals surface area contributed by atoms with Gasteiger partial charge in [0.1, 0.15) is 0 Å². The van der Waals surface area contributed by atoms with E-state index < -0.39 is 0 Å². The molecule has 1 saturated heterocycles. The highest BCUT2D eigenvalue weighted by Crippen LogP contribution is 2.35. The SMILES string of the molecule is CC1(C(=N)N)CCN(c2ccnc3cc(Cl)ccc23)CC1. The molecule has 1 aromatic carbocycles. The quantitative estimate of drug-likeness (QED) is 0.660. The van der Waals surface area contributed by atoms with Crippen LogP contribution in [0, 0.1) is 10.8 Å². The maximum absolute atomic E-state index is 7.75. The minimum Gasteiger partial charge on any atom is -0.387 e. The number of benzene rings is 1. The number of aromatic nitrogens is 1. The molecule has 3 rings (SSSR count). The van der Waals surface area contributed by atoms with Crippen LogP contribution in [0.5, 0.6) is 0 Å². The van der Waals surface area contributed by atoms with Crippen molar-refractivity contribution < 1.29 is 0 Å². The van der Waals surface area contributed by atoms with E-state index in [-0.39, 0.29) is 5.41 Å². The van der Waals surface area contributed by atoms with Crippen LogP contribution >= 0.6 is 11.6 Å². The summed E-state index contributed by atoms with van der Waals surface area (Å²) >= 11 is 6.04. The number of hydrogen-bond donors (Lipinski definition) is 2. The molecule has 0 aliphatic carbocycles. The summed E-state index contributed by atoms with van der Waals surface area (Å²) < 4.78 is 0. The summed E-state index contributed by atoms with van der Waals surface area (Å²) in [6, 6.07) is 7.87. The number of amidine groups is 1. The Morgan fingerprint density at radius 3 is 2.71 bits per heavy atom. The van der Waals surface area contributed by atoms with Gasteiger partial charge in [0.05, 0.1) is 11.4 Å². The van der Waals surface area contributed by atoms with Gasteiger partial charge in [0.15, 0.2) is 0 Å². The zero-order chi connectivity index (χ0) is 15.0. The molecule has 21 heavy (non-hydrogen) atoms. The predicted molar refractivity (Wildman–Crippen MR) is 88.2 cm³/mol. The van der Waals surface area contributed by atoms with Crippen LogP contribution in [0.3, 0.4) is 0 Å². The second-order valence-corrected chi connectivity index (χ2v) is 6.39. The molecule has 0 unspecified atom stereocenters. The third-order valence-electron chi connectivity index (χ3n) is 4.54. The van der Waals surface area contributed by atoms with E-state index in [4.69, 9.17) is 22.7 Å². The van der Waals surface area contributed by atoms with Gasteiger partial charge in [0, 0.05) is 40.8 Å². The highest BCUT2D eigenvalue weighted by molar-refractivity contribution is 6.31. The number of anilines is 1. The number of nitrogens with one attached hydrogen (secondary N) is 1. The molecule has 0 saturated carbocycles. The third-order valence-corrected chi connectivity index (χ3v) is 4.77. The first-order valence-corrected chi connectivity index (χ1v) is 7.51. The molecule has 0 spiro atoms. The van der Waals surface area contributed by atoms with E-state index in [0.29, 0.717) is 10.9 Å². The van der Waals surface area contributed by atoms with Gasteiger partial charge in [-0.2, -0.15) is 0 Å². The zero-order valence-electron chi connectivity index (χ0n) is 12.1. The van der Waals surface area contributed by atoms with E-state index in [1.54, 1.807) is 0 Å². The average molecular weight is 303 g/mol. The van der Waals surface area contributed by atoms with Crippen molar-refractivity contribution in [3.05, 3.63) is 35.5 Å². The fourth-order valence-corrected chi connectivity index (χ4v) is 3.06. The van der Waals surface area contributed by atoms with Crippen LogP contribution in [0.1, 0.15) is 19.8 Å². The van der Waals surface area contributed by atoms with Crippen molar-refractivity contribution in [2.75, 3.05) is 18.0 Å². The zero-order valence-corrected chi connectivity index (χ0v) is 12.8. The van der Waals surface area contributed by atoms with Gasteiger partial charge in [-0.05, 0) is 37.1 Å². The summed E-state index contributed by atoms with van der Waals surface area (Å²) in [6.07, 6.45) is 3.63. The van der Waals surface area contributed by atoms with Gasteiger partial charge in [-0.15, -0.1) is 0 Å². The number of nitrogens with zero attached hydrogens (tertiary/aromatic N) is 2. The molecule has 0 amide bonds. The van der Waals surface area contributed by atoms with Crippen molar-refractivity contribution in [2.24, 2.45) is 11.1 Å². The number of halogens is 1. The van der Waals surface area contributed by atoms with Crippen LogP contribution in [-0.4, -0.2) is 23.9 Å². The number of fused-ring (bicyclic) bond motifs is 1. The first-order chi connectivity index (χ1) is 9.99. The maximum Gasteiger partial charge on any atom is 0.0967 e. The molecule has 110 valence electrons. The van der Waals surface area contributed by atoms with E-state index in [1.165, 1.54) is 5.69 Å². The molecule has 2 aromatic rings. The smallest absolute Gasteiger partial charge is 0.0967 e. The summed E-state index contributed by atoms with van der Waals surface area (Å²) in [5, 5.41) is 9.57. The lowest BCUT2D eigenvalue weighted by Gasteiger charge is -2.40. The van der Waals surface area contributed by atoms with Crippen molar-refractivity contribution in [1.82, 2.24) is 4.98 Å². The van der Waals surface area contributed by atoms with Crippen molar-refractivity contribution in [2.45, 2.75) is 19.8 Å². The molecule has 0 bridgehead atoms. The van der Waals surface area contributed by atoms with Crippen molar-refractivity contribution in [1.29, 1.82) is 5.41 Å². The Balaban J connectivity index is 1.91. The monoisotopic (exact) mass is 302 g/mol. The Morgan fingerprint density at radius 1 is 1.33 bits per heavy atom. The van der Waals surface area contributed by atoms with Crippen LogP contribution in [0.15, 0.2) is 30.5 Å². The largest absolute Gasteiger partial charge is 0.387 e. The highest BCUT2D eigenvalue weighted by atomic mass is 35.5. The lowest BCUT2D eigenvalue weighted by molar-refractivity contribution is 0.351. The van der Waals surface area contributed by atoms with Gasteiger partial charge in [-0.3, -0.25) is 10.4 Å². The minimum absolute atomic E-state index is 0.164. The number of hydrogen-bond acceptors (Lipinski definition) is 3. The summed E-state index contributed by atoms with van der Waals surface area (Å²) in [6.45, 7) is 3.88. The molecule has 3 N–H and O–H groups in total. The lowest BCUT2D eigenvalue weighted by Crippen LogP contribution is -2.45. The molecular formula is C16H19ClN4. The summed E-state index contributed by atoms with van der Waals surface area (Å²) in [5.74, 6) is 0.300. The second kappa shape index (κ2) is 5.19. The van der Waals surface area contributed by atoms with Crippen LogP contribution in [0.4, 0.5) is 5.69 Å². The number of piperidine rings is 1. The van der Waals surface area contributed by atoms with Crippen molar-refractivity contribution in [3.8, 4) is 0 Å². The van der Waals surface area contributed by atoms with Crippen LogP contribution in [0.2, 0.25) is 5.02 Å².